The molecule has 0 spiro atoms. The van der Waals surface area contributed by atoms with Gasteiger partial charge < -0.3 is 0 Å². The second-order valence-corrected chi connectivity index (χ2v) is 6.29. The van der Waals surface area contributed by atoms with Gasteiger partial charge in [0.05, 0.1) is 11.2 Å². The molecule has 2 rings (SSSR count). The number of fused-ring (bicyclic) bond motifs is 1. The molecular formula is C11H9Br2N. The fourth-order valence-corrected chi connectivity index (χ4v) is 1.89. The summed E-state index contributed by atoms with van der Waals surface area (Å²) in [5.74, 6) is 0. The van der Waals surface area contributed by atoms with Crippen LogP contribution in [0.3, 0.4) is 0 Å². The Morgan fingerprint density at radius 1 is 1.14 bits per heavy atom. The van der Waals surface area contributed by atoms with E-state index in [2.05, 4.69) is 68.0 Å². The Morgan fingerprint density at radius 2 is 1.93 bits per heavy atom. The molecule has 2 aromatic rings. The van der Waals surface area contributed by atoms with Gasteiger partial charge in [-0.25, -0.2) is 0 Å². The summed E-state index contributed by atoms with van der Waals surface area (Å²) in [7, 11) is 0. The molecule has 3 heteroatoms. The van der Waals surface area contributed by atoms with Crippen molar-refractivity contribution in [1.29, 1.82) is 0 Å². The zero-order chi connectivity index (χ0) is 10.1. The number of hydrogen-bond acceptors (Lipinski definition) is 1. The third kappa shape index (κ3) is 1.98. The maximum atomic E-state index is 4.52. The first-order valence-electron chi connectivity index (χ1n) is 4.32. The van der Waals surface area contributed by atoms with Crippen molar-refractivity contribution >= 4 is 42.8 Å². The molecule has 0 fully saturated rings. The maximum Gasteiger partial charge on any atom is 0.112 e. The number of rotatable bonds is 1. The minimum Gasteiger partial charge on any atom is -0.251 e. The van der Waals surface area contributed by atoms with E-state index in [-0.39, 0.29) is 3.74 Å². The highest BCUT2D eigenvalue weighted by molar-refractivity contribution is 9.24. The van der Waals surface area contributed by atoms with E-state index < -0.39 is 0 Å². The van der Waals surface area contributed by atoms with Gasteiger partial charge in [0.25, 0.3) is 0 Å². The smallest absolute Gasteiger partial charge is 0.112 e. The fourth-order valence-electron chi connectivity index (χ4n) is 1.38. The lowest BCUT2D eigenvalue weighted by atomic mass is 10.1. The second-order valence-electron chi connectivity index (χ2n) is 3.23. The van der Waals surface area contributed by atoms with E-state index in [1.807, 2.05) is 6.07 Å². The summed E-state index contributed by atoms with van der Waals surface area (Å²) in [5, 5.41) is 1.19. The highest BCUT2D eigenvalue weighted by atomic mass is 79.9. The van der Waals surface area contributed by atoms with Crippen molar-refractivity contribution in [2.45, 2.75) is 10.7 Å². The third-order valence-electron chi connectivity index (χ3n) is 2.09. The number of nitrogens with zero attached hydrogens (tertiary/aromatic N) is 1. The van der Waals surface area contributed by atoms with Gasteiger partial charge in [-0.3, -0.25) is 4.98 Å². The van der Waals surface area contributed by atoms with Gasteiger partial charge in [0.1, 0.15) is 3.74 Å². The molecule has 0 N–H and O–H groups in total. The lowest BCUT2D eigenvalue weighted by molar-refractivity contribution is 1.23. The topological polar surface area (TPSA) is 12.9 Å². The Balaban J connectivity index is 2.62. The largest absolute Gasteiger partial charge is 0.251 e. The van der Waals surface area contributed by atoms with Crippen LogP contribution in [0, 0.1) is 6.92 Å². The first kappa shape index (κ1) is 10.1. The molecular weight excluding hydrogens is 306 g/mol. The van der Waals surface area contributed by atoms with Crippen molar-refractivity contribution in [3.63, 3.8) is 0 Å². The summed E-state index contributed by atoms with van der Waals surface area (Å²) in [5.41, 5.74) is 3.31. The van der Waals surface area contributed by atoms with E-state index in [1.54, 1.807) is 0 Å². The highest BCUT2D eigenvalue weighted by Crippen LogP contribution is 2.28. The Bertz CT molecular complexity index is 466. The number of halogens is 2. The first-order chi connectivity index (χ1) is 6.66. The lowest BCUT2D eigenvalue weighted by Crippen LogP contribution is -1.88. The van der Waals surface area contributed by atoms with Crippen LogP contribution in [0.1, 0.15) is 15.0 Å². The van der Waals surface area contributed by atoms with E-state index in [1.165, 1.54) is 10.9 Å². The number of aromatic nitrogens is 1. The molecule has 1 aromatic heterocycles. The van der Waals surface area contributed by atoms with Crippen LogP contribution in [0.5, 0.6) is 0 Å². The van der Waals surface area contributed by atoms with E-state index in [9.17, 15) is 0 Å². The second kappa shape index (κ2) is 3.99. The molecule has 0 saturated carbocycles. The number of aryl methyl sites for hydroxylation is 1. The summed E-state index contributed by atoms with van der Waals surface area (Å²) in [6.07, 6.45) is 0. The number of pyridine rings is 1. The van der Waals surface area contributed by atoms with Crippen molar-refractivity contribution in [1.82, 2.24) is 4.98 Å². The van der Waals surface area contributed by atoms with E-state index in [0.717, 1.165) is 11.2 Å². The van der Waals surface area contributed by atoms with Crippen molar-refractivity contribution in [2.24, 2.45) is 0 Å². The average molecular weight is 315 g/mol. The Morgan fingerprint density at radius 3 is 2.64 bits per heavy atom. The molecule has 0 radical (unpaired) electrons. The van der Waals surface area contributed by atoms with Crippen LogP contribution in [0.25, 0.3) is 10.9 Å². The fraction of sp³-hybridized carbons (Fsp3) is 0.182. The molecule has 1 aromatic carbocycles. The summed E-state index contributed by atoms with van der Waals surface area (Å²) >= 11 is 6.87. The molecule has 0 aliphatic heterocycles. The molecule has 0 bridgehead atoms. The SMILES string of the molecule is Cc1ccc2nc(C(Br)Br)ccc2c1. The van der Waals surface area contributed by atoms with Gasteiger partial charge in [0.2, 0.25) is 0 Å². The Kier molecular flexibility index (Phi) is 2.88. The third-order valence-corrected chi connectivity index (χ3v) is 3.03. The Hall–Kier alpha value is -0.410. The van der Waals surface area contributed by atoms with Gasteiger partial charge in [-0.15, -0.1) is 0 Å². The molecule has 0 saturated heterocycles. The molecule has 0 aliphatic carbocycles. The van der Waals surface area contributed by atoms with Crippen molar-refractivity contribution < 1.29 is 0 Å². The number of alkyl halides is 2. The van der Waals surface area contributed by atoms with Gasteiger partial charge in [-0.05, 0) is 25.1 Å². The minimum absolute atomic E-state index is 0.126. The van der Waals surface area contributed by atoms with Crippen molar-refractivity contribution in [2.75, 3.05) is 0 Å². The lowest BCUT2D eigenvalue weighted by Gasteiger charge is -2.03. The van der Waals surface area contributed by atoms with Gasteiger partial charge in [-0.1, -0.05) is 49.6 Å². The van der Waals surface area contributed by atoms with Crippen LogP contribution in [0.2, 0.25) is 0 Å². The Labute approximate surface area is 99.8 Å². The monoisotopic (exact) mass is 313 g/mol. The van der Waals surface area contributed by atoms with E-state index in [4.69, 9.17) is 0 Å². The molecule has 1 nitrogen and oxygen atoms in total. The van der Waals surface area contributed by atoms with Gasteiger partial charge in [0.15, 0.2) is 0 Å². The summed E-state index contributed by atoms with van der Waals surface area (Å²) in [6, 6.07) is 10.4. The van der Waals surface area contributed by atoms with Gasteiger partial charge in [-0.2, -0.15) is 0 Å². The molecule has 0 aliphatic rings. The van der Waals surface area contributed by atoms with Crippen LogP contribution >= 0.6 is 31.9 Å². The number of hydrogen-bond donors (Lipinski definition) is 0. The minimum atomic E-state index is 0.126. The summed E-state index contributed by atoms with van der Waals surface area (Å²) in [4.78, 5) is 4.52. The highest BCUT2D eigenvalue weighted by Gasteiger charge is 2.04. The molecule has 0 atom stereocenters. The van der Waals surface area contributed by atoms with Crippen LogP contribution in [0.15, 0.2) is 30.3 Å². The summed E-state index contributed by atoms with van der Waals surface area (Å²) in [6.45, 7) is 2.09. The van der Waals surface area contributed by atoms with E-state index >= 15 is 0 Å². The van der Waals surface area contributed by atoms with Gasteiger partial charge >= 0.3 is 0 Å². The molecule has 72 valence electrons. The maximum absolute atomic E-state index is 4.52. The predicted molar refractivity (Wildman–Crippen MR) is 67.1 cm³/mol. The zero-order valence-corrected chi connectivity index (χ0v) is 10.8. The van der Waals surface area contributed by atoms with Crippen LogP contribution < -0.4 is 0 Å². The van der Waals surface area contributed by atoms with Crippen LogP contribution in [-0.2, 0) is 0 Å². The van der Waals surface area contributed by atoms with E-state index in [0.29, 0.717) is 0 Å². The summed E-state index contributed by atoms with van der Waals surface area (Å²) < 4.78 is 0.126. The molecule has 0 unspecified atom stereocenters. The molecule has 1 heterocycles. The van der Waals surface area contributed by atoms with Crippen LogP contribution in [0.4, 0.5) is 0 Å². The molecule has 0 amide bonds. The quantitative estimate of drug-likeness (QED) is 0.714. The first-order valence-corrected chi connectivity index (χ1v) is 6.15. The number of benzene rings is 1. The zero-order valence-electron chi connectivity index (χ0n) is 7.67. The van der Waals surface area contributed by atoms with Crippen molar-refractivity contribution in [3.05, 3.63) is 41.6 Å². The molecule has 14 heavy (non-hydrogen) atoms. The van der Waals surface area contributed by atoms with Crippen molar-refractivity contribution in [3.8, 4) is 0 Å². The van der Waals surface area contributed by atoms with Crippen LogP contribution in [-0.4, -0.2) is 4.98 Å². The normalized spacial score (nSPS) is 11.1. The predicted octanol–water partition coefficient (Wildman–Crippen LogP) is 4.33. The van der Waals surface area contributed by atoms with Gasteiger partial charge in [0, 0.05) is 5.39 Å². The average Bonchev–Trinajstić information content (AvgIpc) is 2.16. The standard InChI is InChI=1S/C11H9Br2N/c1-7-2-4-9-8(6-7)3-5-10(14-9)11(12)13/h2-6,11H,1H3.